The molecule has 0 atom stereocenters. The van der Waals surface area contributed by atoms with Crippen LogP contribution in [-0.4, -0.2) is 0 Å². The second kappa shape index (κ2) is 5.82. The number of halogens is 3. The third-order valence-corrected chi connectivity index (χ3v) is 4.01. The van der Waals surface area contributed by atoms with Crippen molar-refractivity contribution in [2.75, 3.05) is 0 Å². The van der Waals surface area contributed by atoms with E-state index in [4.69, 9.17) is 5.73 Å². The fourth-order valence-electron chi connectivity index (χ4n) is 1.47. The van der Waals surface area contributed by atoms with Crippen LogP contribution in [0.2, 0.25) is 0 Å². The molecule has 0 amide bonds. The lowest BCUT2D eigenvalue weighted by atomic mass is 10.2. The molecule has 2 rings (SSSR count). The summed E-state index contributed by atoms with van der Waals surface area (Å²) in [6.45, 7) is 0.373. The minimum Gasteiger partial charge on any atom is -0.326 e. The van der Waals surface area contributed by atoms with Gasteiger partial charge in [-0.05, 0) is 29.8 Å². The first kappa shape index (κ1) is 13.5. The van der Waals surface area contributed by atoms with E-state index in [0.717, 1.165) is 21.0 Å². The monoisotopic (exact) mass is 329 g/mol. The smallest absolute Gasteiger partial charge is 0.140 e. The highest BCUT2D eigenvalue weighted by Crippen LogP contribution is 2.34. The van der Waals surface area contributed by atoms with Gasteiger partial charge in [0.1, 0.15) is 11.6 Å². The first-order valence-electron chi connectivity index (χ1n) is 5.21. The van der Waals surface area contributed by atoms with Crippen LogP contribution >= 0.6 is 27.7 Å². The van der Waals surface area contributed by atoms with Gasteiger partial charge in [-0.3, -0.25) is 0 Å². The normalized spacial score (nSPS) is 10.7. The van der Waals surface area contributed by atoms with Crippen molar-refractivity contribution in [1.82, 2.24) is 0 Å². The van der Waals surface area contributed by atoms with Crippen molar-refractivity contribution in [1.29, 1.82) is 0 Å². The molecule has 0 unspecified atom stereocenters. The molecule has 0 aliphatic heterocycles. The highest BCUT2D eigenvalue weighted by molar-refractivity contribution is 9.10. The van der Waals surface area contributed by atoms with Crippen molar-refractivity contribution in [2.45, 2.75) is 16.3 Å². The van der Waals surface area contributed by atoms with E-state index >= 15 is 0 Å². The zero-order chi connectivity index (χ0) is 13.1. The van der Waals surface area contributed by atoms with Crippen LogP contribution in [0.3, 0.4) is 0 Å². The minimum absolute atomic E-state index is 0.373. The summed E-state index contributed by atoms with van der Waals surface area (Å²) in [5.41, 5.74) is 6.56. The summed E-state index contributed by atoms with van der Waals surface area (Å²) in [6.07, 6.45) is 0. The molecule has 0 bridgehead atoms. The Morgan fingerprint density at radius 2 is 1.83 bits per heavy atom. The van der Waals surface area contributed by atoms with Crippen LogP contribution < -0.4 is 5.73 Å². The quantitative estimate of drug-likeness (QED) is 0.906. The summed E-state index contributed by atoms with van der Waals surface area (Å²) in [7, 11) is 0. The Morgan fingerprint density at radius 3 is 2.50 bits per heavy atom. The molecule has 0 aliphatic rings. The zero-order valence-electron chi connectivity index (χ0n) is 9.29. The van der Waals surface area contributed by atoms with Crippen LogP contribution in [0.15, 0.2) is 50.7 Å². The molecule has 2 N–H and O–H groups in total. The molecule has 5 heteroatoms. The fraction of sp³-hybridized carbons (Fsp3) is 0.0769. The summed E-state index contributed by atoms with van der Waals surface area (Å²) in [4.78, 5) is 1.24. The number of rotatable bonds is 3. The Morgan fingerprint density at radius 1 is 1.06 bits per heavy atom. The Labute approximate surface area is 117 Å². The first-order chi connectivity index (χ1) is 8.60. The van der Waals surface area contributed by atoms with Crippen molar-refractivity contribution in [2.24, 2.45) is 5.73 Å². The third kappa shape index (κ3) is 3.10. The lowest BCUT2D eigenvalue weighted by Crippen LogP contribution is -1.98. The van der Waals surface area contributed by atoms with Crippen molar-refractivity contribution in [3.63, 3.8) is 0 Å². The lowest BCUT2D eigenvalue weighted by molar-refractivity contribution is 0.565. The van der Waals surface area contributed by atoms with Crippen LogP contribution in [0.5, 0.6) is 0 Å². The zero-order valence-corrected chi connectivity index (χ0v) is 11.7. The molecule has 0 saturated carbocycles. The summed E-state index contributed by atoms with van der Waals surface area (Å²) in [5.74, 6) is -1.15. The standard InChI is InChI=1S/C13H10BrF2NS/c14-9-2-1-8(7-17)13(5-9)18-12-4-3-10(15)6-11(12)16/h1-6H,7,17H2. The number of benzene rings is 2. The van der Waals surface area contributed by atoms with E-state index in [1.54, 1.807) is 0 Å². The van der Waals surface area contributed by atoms with Gasteiger partial charge in [0.15, 0.2) is 0 Å². The molecule has 0 saturated heterocycles. The van der Waals surface area contributed by atoms with Gasteiger partial charge in [0.25, 0.3) is 0 Å². The summed E-state index contributed by atoms with van der Waals surface area (Å²) in [5, 5.41) is 0. The van der Waals surface area contributed by atoms with E-state index in [1.165, 1.54) is 23.9 Å². The van der Waals surface area contributed by atoms with Gasteiger partial charge in [-0.15, -0.1) is 0 Å². The molecular weight excluding hydrogens is 320 g/mol. The molecule has 0 fully saturated rings. The molecule has 0 aliphatic carbocycles. The SMILES string of the molecule is NCc1ccc(Br)cc1Sc1ccc(F)cc1F. The molecule has 1 nitrogen and oxygen atoms in total. The predicted octanol–water partition coefficient (Wildman–Crippen LogP) is 4.34. The van der Waals surface area contributed by atoms with Crippen molar-refractivity contribution < 1.29 is 8.78 Å². The Bertz CT molecular complexity index is 575. The van der Waals surface area contributed by atoms with E-state index in [9.17, 15) is 8.78 Å². The second-order valence-electron chi connectivity index (χ2n) is 3.63. The average Bonchev–Trinajstić information content (AvgIpc) is 2.33. The molecular formula is C13H10BrF2NS. The van der Waals surface area contributed by atoms with Gasteiger partial charge in [-0.25, -0.2) is 8.78 Å². The van der Waals surface area contributed by atoms with Crippen molar-refractivity contribution in [3.05, 3.63) is 58.1 Å². The molecule has 0 aromatic heterocycles. The van der Waals surface area contributed by atoms with Gasteiger partial charge in [-0.1, -0.05) is 33.8 Å². The fourth-order valence-corrected chi connectivity index (χ4v) is 2.98. The van der Waals surface area contributed by atoms with Crippen LogP contribution in [-0.2, 0) is 6.54 Å². The van der Waals surface area contributed by atoms with Gasteiger partial charge in [0.2, 0.25) is 0 Å². The minimum atomic E-state index is -0.579. The highest BCUT2D eigenvalue weighted by Gasteiger charge is 2.09. The van der Waals surface area contributed by atoms with Crippen molar-refractivity contribution >= 4 is 27.7 Å². The first-order valence-corrected chi connectivity index (χ1v) is 6.82. The number of nitrogens with two attached hydrogens (primary N) is 1. The summed E-state index contributed by atoms with van der Waals surface area (Å²) < 4.78 is 27.3. The van der Waals surface area contributed by atoms with E-state index in [-0.39, 0.29) is 0 Å². The number of hydrogen-bond acceptors (Lipinski definition) is 2. The summed E-state index contributed by atoms with van der Waals surface area (Å²) >= 11 is 4.60. The maximum Gasteiger partial charge on any atom is 0.140 e. The molecule has 0 spiro atoms. The van der Waals surface area contributed by atoms with Gasteiger partial charge in [0, 0.05) is 26.9 Å². The number of hydrogen-bond donors (Lipinski definition) is 1. The van der Waals surface area contributed by atoms with Gasteiger partial charge in [0.05, 0.1) is 0 Å². The maximum atomic E-state index is 13.6. The molecule has 0 heterocycles. The second-order valence-corrected chi connectivity index (χ2v) is 5.63. The van der Waals surface area contributed by atoms with Crippen LogP contribution in [0, 0.1) is 11.6 Å². The molecule has 2 aromatic carbocycles. The maximum absolute atomic E-state index is 13.6. The lowest BCUT2D eigenvalue weighted by Gasteiger charge is -2.08. The van der Waals surface area contributed by atoms with Gasteiger partial charge in [-0.2, -0.15) is 0 Å². The van der Waals surface area contributed by atoms with E-state index in [0.29, 0.717) is 11.4 Å². The third-order valence-electron chi connectivity index (χ3n) is 2.36. The van der Waals surface area contributed by atoms with E-state index in [2.05, 4.69) is 15.9 Å². The molecule has 94 valence electrons. The van der Waals surface area contributed by atoms with Gasteiger partial charge >= 0.3 is 0 Å². The molecule has 2 aromatic rings. The highest BCUT2D eigenvalue weighted by atomic mass is 79.9. The van der Waals surface area contributed by atoms with Crippen LogP contribution in [0.4, 0.5) is 8.78 Å². The Kier molecular flexibility index (Phi) is 4.37. The largest absolute Gasteiger partial charge is 0.326 e. The Balaban J connectivity index is 2.36. The average molecular weight is 330 g/mol. The van der Waals surface area contributed by atoms with E-state index < -0.39 is 11.6 Å². The summed E-state index contributed by atoms with van der Waals surface area (Å²) in [6, 6.07) is 9.18. The topological polar surface area (TPSA) is 26.0 Å². The predicted molar refractivity (Wildman–Crippen MR) is 72.5 cm³/mol. The van der Waals surface area contributed by atoms with Crippen LogP contribution in [0.25, 0.3) is 0 Å². The van der Waals surface area contributed by atoms with Crippen LogP contribution in [0.1, 0.15) is 5.56 Å². The van der Waals surface area contributed by atoms with Crippen molar-refractivity contribution in [3.8, 4) is 0 Å². The Hall–Kier alpha value is -0.910. The van der Waals surface area contributed by atoms with E-state index in [1.807, 2.05) is 18.2 Å². The molecule has 18 heavy (non-hydrogen) atoms. The molecule has 0 radical (unpaired) electrons. The van der Waals surface area contributed by atoms with Gasteiger partial charge < -0.3 is 5.73 Å².